The summed E-state index contributed by atoms with van der Waals surface area (Å²) in [6.45, 7) is -0.501. The van der Waals surface area contributed by atoms with Crippen LogP contribution in [0, 0.1) is 0 Å². The summed E-state index contributed by atoms with van der Waals surface area (Å²) in [5, 5.41) is 27.1. The van der Waals surface area contributed by atoms with Crippen LogP contribution in [0.15, 0.2) is 0 Å². The van der Waals surface area contributed by atoms with E-state index in [1.165, 1.54) is 7.11 Å². The van der Waals surface area contributed by atoms with E-state index in [0.29, 0.717) is 0 Å². The van der Waals surface area contributed by atoms with E-state index in [2.05, 4.69) is 4.74 Å². The third kappa shape index (κ3) is 1.87. The molecule has 1 fully saturated rings. The molecule has 0 aromatic carbocycles. The van der Waals surface area contributed by atoms with Crippen LogP contribution in [0.5, 0.6) is 0 Å². The molecule has 1 aliphatic heterocycles. The van der Waals surface area contributed by atoms with Gasteiger partial charge in [-0.05, 0) is 0 Å². The number of hydrogen-bond donors (Lipinski definition) is 3. The highest BCUT2D eigenvalue weighted by molar-refractivity contribution is 5.88. The van der Waals surface area contributed by atoms with E-state index in [-0.39, 0.29) is 0 Å². The Bertz CT molecular complexity index is 175. The molecule has 0 aromatic rings. The predicted octanol–water partition coefficient (Wildman–Crippen LogP) is -2.36. The summed E-state index contributed by atoms with van der Waals surface area (Å²) in [4.78, 5) is 11.1. The van der Waals surface area contributed by atoms with Crippen LogP contribution in [0.25, 0.3) is 0 Å². The number of hydrogen-bond acceptors (Lipinski definition) is 6. The van der Waals surface area contributed by atoms with Gasteiger partial charge in [-0.25, -0.2) is 0 Å². The van der Waals surface area contributed by atoms with Crippen molar-refractivity contribution in [2.75, 3.05) is 13.7 Å². The van der Waals surface area contributed by atoms with Gasteiger partial charge < -0.3 is 24.8 Å². The van der Waals surface area contributed by atoms with Crippen LogP contribution in [-0.4, -0.2) is 59.4 Å². The molecule has 0 bridgehead atoms. The Hall–Kier alpha value is -0.530. The van der Waals surface area contributed by atoms with Crippen molar-refractivity contribution in [1.82, 2.24) is 0 Å². The first-order valence-corrected chi connectivity index (χ1v) is 3.80. The second-order valence-electron chi connectivity index (χ2n) is 2.75. The summed E-state index contributed by atoms with van der Waals surface area (Å²) in [5.41, 5.74) is 0. The molecule has 1 heterocycles. The molecule has 0 radical (unpaired) electrons. The van der Waals surface area contributed by atoms with Crippen LogP contribution in [0.3, 0.4) is 0 Å². The van der Waals surface area contributed by atoms with Crippen molar-refractivity contribution < 1.29 is 29.6 Å². The van der Waals surface area contributed by atoms with Crippen LogP contribution in [0.4, 0.5) is 0 Å². The summed E-state index contributed by atoms with van der Waals surface area (Å²) in [6, 6.07) is 0. The highest BCUT2D eigenvalue weighted by Gasteiger charge is 2.43. The Labute approximate surface area is 74.7 Å². The van der Waals surface area contributed by atoms with Crippen LogP contribution in [0.1, 0.15) is 0 Å². The lowest BCUT2D eigenvalue weighted by molar-refractivity contribution is -0.247. The number of methoxy groups -OCH3 is 1. The molecule has 0 aliphatic carbocycles. The molecular formula is C7H12O6. The summed E-state index contributed by atoms with van der Waals surface area (Å²) in [7, 11) is 1.26. The first-order chi connectivity index (χ1) is 6.11. The summed E-state index contributed by atoms with van der Waals surface area (Å²) in [5.74, 6) is -0.794. The van der Waals surface area contributed by atoms with Gasteiger partial charge in [-0.3, -0.25) is 4.79 Å². The lowest BCUT2D eigenvalue weighted by atomic mass is 10.0. The number of rotatable bonds is 2. The Morgan fingerprint density at radius 1 is 1.46 bits per heavy atom. The molecule has 3 N–H and O–H groups in total. The van der Waals surface area contributed by atoms with E-state index in [0.717, 1.165) is 0 Å². The molecule has 4 atom stereocenters. The van der Waals surface area contributed by atoms with Crippen molar-refractivity contribution in [3.8, 4) is 0 Å². The third-order valence-corrected chi connectivity index (χ3v) is 1.91. The zero-order chi connectivity index (χ0) is 10.0. The molecule has 0 saturated carbocycles. The Morgan fingerprint density at radius 3 is 2.54 bits per heavy atom. The van der Waals surface area contributed by atoms with Gasteiger partial charge in [0.25, 0.3) is 0 Å². The summed E-state index contributed by atoms with van der Waals surface area (Å²) < 4.78 is 9.53. The van der Waals surface area contributed by atoms with Crippen LogP contribution in [-0.2, 0) is 14.3 Å². The number of ether oxygens (including phenoxy) is 2. The Kier molecular flexibility index (Phi) is 3.34. The molecule has 1 aliphatic rings. The molecule has 13 heavy (non-hydrogen) atoms. The first-order valence-electron chi connectivity index (χ1n) is 3.80. The Morgan fingerprint density at radius 2 is 2.08 bits per heavy atom. The molecule has 6 heteroatoms. The van der Waals surface area contributed by atoms with Gasteiger partial charge in [-0.1, -0.05) is 0 Å². The van der Waals surface area contributed by atoms with Crippen molar-refractivity contribution >= 4 is 5.78 Å². The van der Waals surface area contributed by atoms with Crippen LogP contribution >= 0.6 is 0 Å². The van der Waals surface area contributed by atoms with Crippen LogP contribution < -0.4 is 0 Å². The molecular weight excluding hydrogens is 180 g/mol. The molecule has 0 spiro atoms. The van der Waals surface area contributed by atoms with Gasteiger partial charge in [0.15, 0.2) is 18.2 Å². The van der Waals surface area contributed by atoms with Gasteiger partial charge >= 0.3 is 0 Å². The first kappa shape index (κ1) is 10.6. The number of carbonyl (C=O) groups excluding carboxylic acids is 1. The molecule has 0 aromatic heterocycles. The average Bonchev–Trinajstić information content (AvgIpc) is 2.15. The standard InChI is InChI=1S/C7H12O6/c1-12-7-6(11)5(10)4(9)3(2-8)13-7/h3-4,6-9,11H,2H2,1H3/t3-,4-,6-,7-/m1/s1. The van der Waals surface area contributed by atoms with Crippen molar-refractivity contribution in [1.29, 1.82) is 0 Å². The second kappa shape index (κ2) is 4.12. The number of ketones is 1. The lowest BCUT2D eigenvalue weighted by Crippen LogP contribution is -2.56. The maximum Gasteiger partial charge on any atom is 0.197 e. The minimum absolute atomic E-state index is 0.501. The van der Waals surface area contributed by atoms with E-state index in [1.54, 1.807) is 0 Å². The fraction of sp³-hybridized carbons (Fsp3) is 0.857. The third-order valence-electron chi connectivity index (χ3n) is 1.91. The molecule has 1 rings (SSSR count). The highest BCUT2D eigenvalue weighted by atomic mass is 16.7. The molecule has 6 nitrogen and oxygen atoms in total. The van der Waals surface area contributed by atoms with Gasteiger partial charge in [-0.15, -0.1) is 0 Å². The fourth-order valence-electron chi connectivity index (χ4n) is 1.14. The number of aliphatic hydroxyl groups excluding tert-OH is 3. The van der Waals surface area contributed by atoms with Gasteiger partial charge in [-0.2, -0.15) is 0 Å². The monoisotopic (exact) mass is 192 g/mol. The van der Waals surface area contributed by atoms with E-state index in [4.69, 9.17) is 9.84 Å². The van der Waals surface area contributed by atoms with Crippen molar-refractivity contribution in [2.24, 2.45) is 0 Å². The number of aliphatic hydroxyl groups is 3. The van der Waals surface area contributed by atoms with E-state index < -0.39 is 37.0 Å². The lowest BCUT2D eigenvalue weighted by Gasteiger charge is -2.34. The van der Waals surface area contributed by atoms with Crippen molar-refractivity contribution in [2.45, 2.75) is 24.6 Å². The van der Waals surface area contributed by atoms with E-state index in [1.807, 2.05) is 0 Å². The smallest absolute Gasteiger partial charge is 0.197 e. The summed E-state index contributed by atoms with van der Waals surface area (Å²) >= 11 is 0. The molecule has 0 amide bonds. The van der Waals surface area contributed by atoms with Crippen molar-refractivity contribution in [3.63, 3.8) is 0 Å². The van der Waals surface area contributed by atoms with Crippen LogP contribution in [0.2, 0.25) is 0 Å². The largest absolute Gasteiger partial charge is 0.394 e. The molecule has 76 valence electrons. The quantitative estimate of drug-likeness (QED) is 0.453. The van der Waals surface area contributed by atoms with Gasteiger partial charge in [0.1, 0.15) is 12.2 Å². The molecule has 0 unspecified atom stereocenters. The predicted molar refractivity (Wildman–Crippen MR) is 39.8 cm³/mol. The zero-order valence-corrected chi connectivity index (χ0v) is 7.08. The Balaban J connectivity index is 2.72. The van der Waals surface area contributed by atoms with Gasteiger partial charge in [0.2, 0.25) is 0 Å². The minimum atomic E-state index is -1.50. The fourth-order valence-corrected chi connectivity index (χ4v) is 1.14. The average molecular weight is 192 g/mol. The van der Waals surface area contributed by atoms with Crippen molar-refractivity contribution in [3.05, 3.63) is 0 Å². The van der Waals surface area contributed by atoms with Gasteiger partial charge in [0, 0.05) is 7.11 Å². The maximum atomic E-state index is 11.1. The topological polar surface area (TPSA) is 96.2 Å². The van der Waals surface area contributed by atoms with Gasteiger partial charge in [0.05, 0.1) is 6.61 Å². The van der Waals surface area contributed by atoms with E-state index >= 15 is 0 Å². The minimum Gasteiger partial charge on any atom is -0.394 e. The SMILES string of the molecule is CO[C@@H]1O[C@H](CO)[C@@H](O)C(=O)[C@H]1O. The highest BCUT2D eigenvalue weighted by Crippen LogP contribution is 2.17. The normalized spacial score (nSPS) is 40.8. The molecule has 1 saturated heterocycles. The zero-order valence-electron chi connectivity index (χ0n) is 7.08. The summed E-state index contributed by atoms with van der Waals surface area (Å²) in [6.07, 6.45) is -5.14. The maximum absolute atomic E-state index is 11.1. The number of carbonyl (C=O) groups is 1. The number of Topliss-reactive ketones (excluding diaryl/α,β-unsaturated/α-hetero) is 1. The van der Waals surface area contributed by atoms with E-state index in [9.17, 15) is 15.0 Å². The second-order valence-corrected chi connectivity index (χ2v) is 2.75.